The van der Waals surface area contributed by atoms with Gasteiger partial charge < -0.3 is 4.74 Å². The number of rotatable bonds is 1. The third-order valence-electron chi connectivity index (χ3n) is 1.34. The highest BCUT2D eigenvalue weighted by Crippen LogP contribution is 2.15. The molecule has 0 aliphatic carbocycles. The largest absolute Gasteiger partial charge is 0.479 e. The van der Waals surface area contributed by atoms with E-state index in [0.717, 1.165) is 0 Å². The second kappa shape index (κ2) is 4.68. The van der Waals surface area contributed by atoms with E-state index in [2.05, 4.69) is 21.6 Å². The van der Waals surface area contributed by atoms with Gasteiger partial charge in [0, 0.05) is 6.20 Å². The molecule has 0 N–H and O–H groups in total. The van der Waals surface area contributed by atoms with Crippen molar-refractivity contribution in [3.05, 3.63) is 23.6 Å². The van der Waals surface area contributed by atoms with Crippen molar-refractivity contribution in [2.24, 2.45) is 0 Å². The summed E-state index contributed by atoms with van der Waals surface area (Å²) in [5.41, 5.74) is 0.243. The number of hydrogen-bond acceptors (Lipinski definition) is 2. The van der Waals surface area contributed by atoms with E-state index >= 15 is 0 Å². The fourth-order valence-electron chi connectivity index (χ4n) is 0.792. The van der Waals surface area contributed by atoms with E-state index in [1.165, 1.54) is 19.4 Å². The van der Waals surface area contributed by atoms with E-state index < -0.39 is 5.82 Å². The molecular formula is C9H7ClFNO. The minimum atomic E-state index is -0.553. The SMILES string of the molecule is COc1nccc(C#CCCl)c1F. The van der Waals surface area contributed by atoms with Gasteiger partial charge in [-0.1, -0.05) is 11.8 Å². The molecule has 1 aromatic rings. The average Bonchev–Trinajstić information content (AvgIpc) is 2.16. The highest BCUT2D eigenvalue weighted by Gasteiger charge is 2.06. The van der Waals surface area contributed by atoms with Crippen LogP contribution in [0.5, 0.6) is 5.88 Å². The summed E-state index contributed by atoms with van der Waals surface area (Å²) >= 11 is 5.33. The van der Waals surface area contributed by atoms with Crippen molar-refractivity contribution < 1.29 is 9.13 Å². The van der Waals surface area contributed by atoms with E-state index in [4.69, 9.17) is 11.6 Å². The minimum absolute atomic E-state index is 0.0543. The number of methoxy groups -OCH3 is 1. The number of alkyl halides is 1. The minimum Gasteiger partial charge on any atom is -0.479 e. The molecule has 0 saturated carbocycles. The molecule has 68 valence electrons. The first-order valence-corrected chi connectivity index (χ1v) is 4.06. The van der Waals surface area contributed by atoms with Crippen molar-refractivity contribution in [1.82, 2.24) is 4.98 Å². The third kappa shape index (κ3) is 2.33. The van der Waals surface area contributed by atoms with Crippen LogP contribution >= 0.6 is 11.6 Å². The topological polar surface area (TPSA) is 22.1 Å². The predicted octanol–water partition coefficient (Wildman–Crippen LogP) is 1.82. The Morgan fingerprint density at radius 2 is 2.46 bits per heavy atom. The number of halogens is 2. The Balaban J connectivity index is 3.08. The molecule has 2 nitrogen and oxygen atoms in total. The van der Waals surface area contributed by atoms with Gasteiger partial charge in [0.15, 0.2) is 0 Å². The number of hydrogen-bond donors (Lipinski definition) is 0. The van der Waals surface area contributed by atoms with Gasteiger partial charge in [-0.05, 0) is 6.07 Å². The summed E-state index contributed by atoms with van der Waals surface area (Å²) in [7, 11) is 1.35. The van der Waals surface area contributed by atoms with Crippen LogP contribution in [0.15, 0.2) is 12.3 Å². The maximum Gasteiger partial charge on any atom is 0.251 e. The van der Waals surface area contributed by atoms with Gasteiger partial charge in [-0.25, -0.2) is 4.98 Å². The number of nitrogens with zero attached hydrogens (tertiary/aromatic N) is 1. The second-order valence-corrected chi connectivity index (χ2v) is 2.38. The van der Waals surface area contributed by atoms with Crippen LogP contribution in [0.1, 0.15) is 5.56 Å². The van der Waals surface area contributed by atoms with Gasteiger partial charge in [0.05, 0.1) is 18.6 Å². The normalized spacial score (nSPS) is 8.85. The molecule has 0 aliphatic rings. The number of aromatic nitrogens is 1. The van der Waals surface area contributed by atoms with E-state index in [1.807, 2.05) is 0 Å². The lowest BCUT2D eigenvalue weighted by Gasteiger charge is -2.00. The van der Waals surface area contributed by atoms with Gasteiger partial charge in [-0.3, -0.25) is 0 Å². The lowest BCUT2D eigenvalue weighted by atomic mass is 10.2. The van der Waals surface area contributed by atoms with Crippen molar-refractivity contribution in [1.29, 1.82) is 0 Å². The Morgan fingerprint density at radius 3 is 3.08 bits per heavy atom. The maximum absolute atomic E-state index is 13.3. The molecule has 13 heavy (non-hydrogen) atoms. The van der Waals surface area contributed by atoms with Crippen LogP contribution in [0, 0.1) is 17.7 Å². The molecule has 0 fully saturated rings. The molecule has 0 bridgehead atoms. The van der Waals surface area contributed by atoms with Crippen molar-refractivity contribution in [3.8, 4) is 17.7 Å². The Bertz CT molecular complexity index is 356. The first-order chi connectivity index (χ1) is 6.29. The highest BCUT2D eigenvalue weighted by molar-refractivity contribution is 6.19. The lowest BCUT2D eigenvalue weighted by molar-refractivity contribution is 0.368. The Hall–Kier alpha value is -1.27. The van der Waals surface area contributed by atoms with Crippen LogP contribution in [0.2, 0.25) is 0 Å². The Kier molecular flexibility index (Phi) is 3.53. The molecule has 0 saturated heterocycles. The first-order valence-electron chi connectivity index (χ1n) is 3.53. The average molecular weight is 200 g/mol. The molecule has 0 spiro atoms. The van der Waals surface area contributed by atoms with E-state index in [-0.39, 0.29) is 17.3 Å². The molecule has 1 aromatic heterocycles. The standard InChI is InChI=1S/C9H7ClFNO/c1-13-9-8(11)7(3-2-5-10)4-6-12-9/h4,6H,5H2,1H3. The van der Waals surface area contributed by atoms with Gasteiger partial charge in [0.25, 0.3) is 5.88 Å². The van der Waals surface area contributed by atoms with Crippen LogP contribution in [-0.2, 0) is 0 Å². The molecule has 0 aliphatic heterocycles. The zero-order valence-electron chi connectivity index (χ0n) is 6.97. The van der Waals surface area contributed by atoms with Gasteiger partial charge in [-0.2, -0.15) is 4.39 Å². The van der Waals surface area contributed by atoms with Gasteiger partial charge in [-0.15, -0.1) is 11.6 Å². The van der Waals surface area contributed by atoms with Crippen LogP contribution in [0.3, 0.4) is 0 Å². The van der Waals surface area contributed by atoms with Gasteiger partial charge in [0.2, 0.25) is 5.82 Å². The van der Waals surface area contributed by atoms with Crippen molar-refractivity contribution in [2.45, 2.75) is 0 Å². The van der Waals surface area contributed by atoms with Crippen LogP contribution in [-0.4, -0.2) is 18.0 Å². The summed E-state index contributed by atoms with van der Waals surface area (Å²) in [6.45, 7) is 0. The fourth-order valence-corrected chi connectivity index (χ4v) is 0.859. The van der Waals surface area contributed by atoms with E-state index in [9.17, 15) is 4.39 Å². The maximum atomic E-state index is 13.3. The van der Waals surface area contributed by atoms with Crippen LogP contribution in [0.4, 0.5) is 4.39 Å². The van der Waals surface area contributed by atoms with Gasteiger partial charge in [0.1, 0.15) is 0 Å². The van der Waals surface area contributed by atoms with E-state index in [1.54, 1.807) is 0 Å². The summed E-state index contributed by atoms with van der Waals surface area (Å²) in [4.78, 5) is 3.67. The zero-order chi connectivity index (χ0) is 9.68. The van der Waals surface area contributed by atoms with Gasteiger partial charge >= 0.3 is 0 Å². The van der Waals surface area contributed by atoms with E-state index in [0.29, 0.717) is 0 Å². The summed E-state index contributed by atoms with van der Waals surface area (Å²) in [5, 5.41) is 0. The quantitative estimate of drug-likeness (QED) is 0.509. The molecule has 0 atom stereocenters. The summed E-state index contributed by atoms with van der Waals surface area (Å²) in [6, 6.07) is 1.47. The monoisotopic (exact) mass is 199 g/mol. The first kappa shape index (κ1) is 9.82. The molecule has 0 unspecified atom stereocenters. The Labute approximate surface area is 80.7 Å². The fraction of sp³-hybridized carbons (Fsp3) is 0.222. The third-order valence-corrected chi connectivity index (χ3v) is 1.47. The lowest BCUT2D eigenvalue weighted by Crippen LogP contribution is -1.94. The number of pyridine rings is 1. The molecule has 1 heterocycles. The molecular weight excluding hydrogens is 193 g/mol. The smallest absolute Gasteiger partial charge is 0.251 e. The van der Waals surface area contributed by atoms with Crippen LogP contribution < -0.4 is 4.74 Å². The van der Waals surface area contributed by atoms with Crippen LogP contribution in [0.25, 0.3) is 0 Å². The molecule has 4 heteroatoms. The molecule has 1 rings (SSSR count). The predicted molar refractivity (Wildman–Crippen MR) is 48.3 cm³/mol. The summed E-state index contributed by atoms with van der Waals surface area (Å²) in [6.07, 6.45) is 1.43. The second-order valence-electron chi connectivity index (χ2n) is 2.12. The molecule has 0 radical (unpaired) electrons. The summed E-state index contributed by atoms with van der Waals surface area (Å²) in [5.74, 6) is 4.67. The highest BCUT2D eigenvalue weighted by atomic mass is 35.5. The molecule has 0 aromatic carbocycles. The molecule has 0 amide bonds. The zero-order valence-corrected chi connectivity index (χ0v) is 7.73. The van der Waals surface area contributed by atoms with Crippen molar-refractivity contribution >= 4 is 11.6 Å². The Morgan fingerprint density at radius 1 is 1.69 bits per heavy atom. The van der Waals surface area contributed by atoms with Crippen molar-refractivity contribution in [2.75, 3.05) is 13.0 Å². The number of ether oxygens (including phenoxy) is 1. The summed E-state index contributed by atoms with van der Waals surface area (Å²) < 4.78 is 17.9. The van der Waals surface area contributed by atoms with Crippen molar-refractivity contribution in [3.63, 3.8) is 0 Å².